The van der Waals surface area contributed by atoms with E-state index in [-0.39, 0.29) is 18.4 Å². The fourth-order valence-corrected chi connectivity index (χ4v) is 2.52. The molecule has 4 heteroatoms. The van der Waals surface area contributed by atoms with Crippen LogP contribution in [0.5, 0.6) is 0 Å². The van der Waals surface area contributed by atoms with E-state index in [1.165, 1.54) is 18.1 Å². The van der Waals surface area contributed by atoms with Crippen molar-refractivity contribution in [3.05, 3.63) is 71.8 Å². The number of rotatable bonds is 9. The Morgan fingerprint density at radius 2 is 1.29 bits per heavy atom. The topological polar surface area (TPSA) is 29.5 Å². The first-order chi connectivity index (χ1) is 11.2. The van der Waals surface area contributed by atoms with Gasteiger partial charge in [0.2, 0.25) is 0 Å². The van der Waals surface area contributed by atoms with E-state index < -0.39 is 0 Å². The Labute approximate surface area is 151 Å². The molecule has 0 bridgehead atoms. The van der Waals surface area contributed by atoms with Gasteiger partial charge in [-0.3, -0.25) is 9.69 Å². The summed E-state index contributed by atoms with van der Waals surface area (Å²) in [5, 5.41) is 0. The highest BCUT2D eigenvalue weighted by Crippen LogP contribution is 2.05. The summed E-state index contributed by atoms with van der Waals surface area (Å²) < 4.78 is 5.10. The quantitative estimate of drug-likeness (QED) is 0.647. The molecule has 0 atom stereocenters. The molecule has 0 spiro atoms. The van der Waals surface area contributed by atoms with Crippen molar-refractivity contribution in [1.29, 1.82) is 0 Å². The van der Waals surface area contributed by atoms with Crippen LogP contribution in [0, 0.1) is 0 Å². The summed E-state index contributed by atoms with van der Waals surface area (Å²) in [6.45, 7) is 4.63. The van der Waals surface area contributed by atoms with Crippen molar-refractivity contribution in [3.63, 3.8) is 0 Å². The molecule has 0 aliphatic rings. The van der Waals surface area contributed by atoms with Crippen molar-refractivity contribution in [2.75, 3.05) is 26.2 Å². The molecule has 0 aliphatic carbocycles. The predicted molar refractivity (Wildman–Crippen MR) is 101 cm³/mol. The summed E-state index contributed by atoms with van der Waals surface area (Å²) in [6, 6.07) is 21.0. The monoisotopic (exact) mass is 347 g/mol. The van der Waals surface area contributed by atoms with Gasteiger partial charge in [-0.15, -0.1) is 12.4 Å². The Kier molecular flexibility index (Phi) is 9.81. The van der Waals surface area contributed by atoms with Gasteiger partial charge in [0.05, 0.1) is 0 Å². The second kappa shape index (κ2) is 11.7. The van der Waals surface area contributed by atoms with Gasteiger partial charge in [-0.2, -0.15) is 0 Å². The van der Waals surface area contributed by atoms with Crippen molar-refractivity contribution in [2.24, 2.45) is 0 Å². The predicted octanol–water partition coefficient (Wildman–Crippen LogP) is 3.76. The minimum Gasteiger partial charge on any atom is -0.465 e. The number of hydrogen-bond donors (Lipinski definition) is 0. The van der Waals surface area contributed by atoms with E-state index >= 15 is 0 Å². The van der Waals surface area contributed by atoms with Crippen molar-refractivity contribution in [2.45, 2.75) is 19.8 Å². The number of carbonyl (C=O) groups is 1. The summed E-state index contributed by atoms with van der Waals surface area (Å²) in [5.41, 5.74) is 2.68. The molecule has 0 saturated carbocycles. The number of benzene rings is 2. The normalized spacial score (nSPS) is 10.2. The molecule has 24 heavy (non-hydrogen) atoms. The maximum atomic E-state index is 10.9. The van der Waals surface area contributed by atoms with E-state index in [2.05, 4.69) is 53.4 Å². The summed E-state index contributed by atoms with van der Waals surface area (Å²) in [6.07, 6.45) is 2.02. The largest absolute Gasteiger partial charge is 0.465 e. The van der Waals surface area contributed by atoms with Crippen molar-refractivity contribution >= 4 is 18.4 Å². The molecule has 2 rings (SSSR count). The summed E-state index contributed by atoms with van der Waals surface area (Å²) in [7, 11) is 0. The molecule has 0 aliphatic heterocycles. The van der Waals surface area contributed by atoms with Gasteiger partial charge in [-0.1, -0.05) is 60.7 Å². The summed E-state index contributed by atoms with van der Waals surface area (Å²) in [5.74, 6) is -0.212. The third-order valence-corrected chi connectivity index (χ3v) is 3.83. The number of halogens is 1. The van der Waals surface area contributed by atoms with Gasteiger partial charge in [-0.25, -0.2) is 0 Å². The third-order valence-electron chi connectivity index (χ3n) is 3.83. The van der Waals surface area contributed by atoms with Crippen LogP contribution >= 0.6 is 12.4 Å². The van der Waals surface area contributed by atoms with E-state index in [1.807, 2.05) is 12.1 Å². The van der Waals surface area contributed by atoms with E-state index in [9.17, 15) is 4.79 Å². The highest BCUT2D eigenvalue weighted by molar-refractivity contribution is 5.85. The van der Waals surface area contributed by atoms with Gasteiger partial charge in [0.15, 0.2) is 0 Å². The number of esters is 1. The van der Waals surface area contributed by atoms with E-state index in [1.54, 1.807) is 0 Å². The minimum absolute atomic E-state index is 0. The Morgan fingerprint density at radius 1 is 0.833 bits per heavy atom. The molecule has 0 heterocycles. The Morgan fingerprint density at radius 3 is 1.71 bits per heavy atom. The average molecular weight is 348 g/mol. The minimum atomic E-state index is -0.212. The number of ether oxygens (including phenoxy) is 1. The molecule has 0 saturated heterocycles. The summed E-state index contributed by atoms with van der Waals surface area (Å²) in [4.78, 5) is 13.3. The molecular formula is C20H26ClNO2. The number of nitrogens with zero attached hydrogens (tertiary/aromatic N) is 1. The fourth-order valence-electron chi connectivity index (χ4n) is 2.52. The third kappa shape index (κ3) is 8.14. The Hall–Kier alpha value is -1.84. The van der Waals surface area contributed by atoms with Gasteiger partial charge in [0.25, 0.3) is 0 Å². The lowest BCUT2D eigenvalue weighted by Gasteiger charge is -2.22. The van der Waals surface area contributed by atoms with Crippen LogP contribution < -0.4 is 0 Å². The zero-order chi connectivity index (χ0) is 16.3. The van der Waals surface area contributed by atoms with Crippen molar-refractivity contribution in [3.8, 4) is 0 Å². The van der Waals surface area contributed by atoms with Crippen LogP contribution in [0.3, 0.4) is 0 Å². The molecule has 0 unspecified atom stereocenters. The van der Waals surface area contributed by atoms with Crippen molar-refractivity contribution < 1.29 is 9.53 Å². The molecule has 2 aromatic carbocycles. The van der Waals surface area contributed by atoms with Gasteiger partial charge in [0.1, 0.15) is 6.61 Å². The maximum absolute atomic E-state index is 10.9. The van der Waals surface area contributed by atoms with E-state index in [0.29, 0.717) is 6.61 Å². The fraction of sp³-hybridized carbons (Fsp3) is 0.350. The SMILES string of the molecule is CC(=O)OCCN(CCc1ccccc1)CCc1ccccc1.Cl. The lowest BCUT2D eigenvalue weighted by Crippen LogP contribution is -2.32. The first-order valence-corrected chi connectivity index (χ1v) is 8.17. The lowest BCUT2D eigenvalue weighted by atomic mass is 10.1. The summed E-state index contributed by atoms with van der Waals surface area (Å²) >= 11 is 0. The molecule has 130 valence electrons. The van der Waals surface area contributed by atoms with Crippen LogP contribution in [0.25, 0.3) is 0 Å². The standard InChI is InChI=1S/C20H25NO2.ClH/c1-18(22)23-17-16-21(14-12-19-8-4-2-5-9-19)15-13-20-10-6-3-7-11-20;/h2-11H,12-17H2,1H3;1H. The van der Waals surface area contributed by atoms with E-state index in [4.69, 9.17) is 4.74 Å². The molecule has 0 aromatic heterocycles. The van der Waals surface area contributed by atoms with Crippen LogP contribution in [0.2, 0.25) is 0 Å². The van der Waals surface area contributed by atoms with Crippen LogP contribution in [-0.2, 0) is 22.4 Å². The Bertz CT molecular complexity index is 531. The maximum Gasteiger partial charge on any atom is 0.302 e. The van der Waals surface area contributed by atoms with Crippen LogP contribution in [0.15, 0.2) is 60.7 Å². The molecule has 0 radical (unpaired) electrons. The van der Waals surface area contributed by atoms with Gasteiger partial charge >= 0.3 is 5.97 Å². The first-order valence-electron chi connectivity index (χ1n) is 8.17. The molecule has 0 fully saturated rings. The Balaban J connectivity index is 0.00000288. The van der Waals surface area contributed by atoms with E-state index in [0.717, 1.165) is 32.5 Å². The molecule has 3 nitrogen and oxygen atoms in total. The van der Waals surface area contributed by atoms with Gasteiger partial charge < -0.3 is 4.74 Å². The zero-order valence-electron chi connectivity index (χ0n) is 14.2. The molecular weight excluding hydrogens is 322 g/mol. The van der Waals surface area contributed by atoms with Crippen LogP contribution in [0.1, 0.15) is 18.1 Å². The van der Waals surface area contributed by atoms with Crippen LogP contribution in [0.4, 0.5) is 0 Å². The second-order valence-corrected chi connectivity index (χ2v) is 5.65. The average Bonchev–Trinajstić information content (AvgIpc) is 2.58. The first kappa shape index (κ1) is 20.2. The highest BCUT2D eigenvalue weighted by Gasteiger charge is 2.07. The highest BCUT2D eigenvalue weighted by atomic mass is 35.5. The van der Waals surface area contributed by atoms with Gasteiger partial charge in [0, 0.05) is 26.6 Å². The van der Waals surface area contributed by atoms with Crippen LogP contribution in [-0.4, -0.2) is 37.1 Å². The lowest BCUT2D eigenvalue weighted by molar-refractivity contribution is -0.141. The van der Waals surface area contributed by atoms with Crippen molar-refractivity contribution in [1.82, 2.24) is 4.90 Å². The molecule has 0 N–H and O–H groups in total. The molecule has 2 aromatic rings. The zero-order valence-corrected chi connectivity index (χ0v) is 15.0. The second-order valence-electron chi connectivity index (χ2n) is 5.65. The van der Waals surface area contributed by atoms with Gasteiger partial charge in [-0.05, 0) is 24.0 Å². The number of hydrogen-bond acceptors (Lipinski definition) is 3. The number of carbonyl (C=O) groups excluding carboxylic acids is 1. The molecule has 0 amide bonds. The smallest absolute Gasteiger partial charge is 0.302 e.